The topological polar surface area (TPSA) is 70.8 Å². The monoisotopic (exact) mass is 316 g/mol. The number of benzene rings is 2. The van der Waals surface area contributed by atoms with E-state index in [2.05, 4.69) is 21.4 Å². The maximum atomic E-state index is 8.67. The second-order valence-corrected chi connectivity index (χ2v) is 5.18. The van der Waals surface area contributed by atoms with Crippen LogP contribution in [-0.2, 0) is 13.0 Å². The van der Waals surface area contributed by atoms with Gasteiger partial charge >= 0.3 is 0 Å². The number of nitriles is 1. The lowest BCUT2D eigenvalue weighted by atomic mass is 10.1. The van der Waals surface area contributed by atoms with E-state index < -0.39 is 0 Å². The van der Waals surface area contributed by atoms with Crippen LogP contribution in [0.3, 0.4) is 0 Å². The first-order valence-electron chi connectivity index (χ1n) is 7.56. The summed E-state index contributed by atoms with van der Waals surface area (Å²) >= 11 is 0. The van der Waals surface area contributed by atoms with Crippen LogP contribution in [0, 0.1) is 11.3 Å². The Bertz CT molecular complexity index is 809. The number of ether oxygens (including phenoxy) is 1. The first-order valence-corrected chi connectivity index (χ1v) is 7.56. The molecule has 0 aliphatic carbocycles. The van der Waals surface area contributed by atoms with Crippen LogP contribution in [0.5, 0.6) is 11.6 Å². The van der Waals surface area contributed by atoms with E-state index in [1.165, 1.54) is 0 Å². The first kappa shape index (κ1) is 15.5. The Balaban J connectivity index is 1.55. The van der Waals surface area contributed by atoms with Gasteiger partial charge < -0.3 is 10.1 Å². The van der Waals surface area contributed by atoms with Crippen LogP contribution >= 0.6 is 0 Å². The van der Waals surface area contributed by atoms with Gasteiger partial charge in [-0.15, -0.1) is 0 Å². The molecule has 0 bridgehead atoms. The zero-order chi connectivity index (χ0) is 16.6. The second kappa shape index (κ2) is 7.75. The molecule has 2 aromatic carbocycles. The van der Waals surface area contributed by atoms with Crippen molar-refractivity contribution in [1.29, 1.82) is 5.26 Å². The molecular weight excluding hydrogens is 300 g/mol. The highest BCUT2D eigenvalue weighted by Crippen LogP contribution is 2.19. The van der Waals surface area contributed by atoms with E-state index in [0.717, 1.165) is 22.6 Å². The van der Waals surface area contributed by atoms with E-state index >= 15 is 0 Å². The smallest absolute Gasteiger partial charge is 0.237 e. The lowest BCUT2D eigenvalue weighted by molar-refractivity contribution is 0.460. The summed E-state index contributed by atoms with van der Waals surface area (Å²) in [5.74, 6) is 1.20. The van der Waals surface area contributed by atoms with Gasteiger partial charge in [0.15, 0.2) is 0 Å². The van der Waals surface area contributed by atoms with Crippen molar-refractivity contribution in [2.24, 2.45) is 0 Å². The molecule has 0 saturated carbocycles. The molecule has 118 valence electrons. The Labute approximate surface area is 140 Å². The van der Waals surface area contributed by atoms with Gasteiger partial charge in [-0.1, -0.05) is 24.3 Å². The zero-order valence-corrected chi connectivity index (χ0v) is 13.0. The molecule has 1 N–H and O–H groups in total. The Morgan fingerprint density at radius 3 is 2.38 bits per heavy atom. The van der Waals surface area contributed by atoms with Gasteiger partial charge in [-0.25, -0.2) is 4.98 Å². The quantitative estimate of drug-likeness (QED) is 0.745. The highest BCUT2D eigenvalue weighted by atomic mass is 16.5. The normalized spacial score (nSPS) is 9.96. The molecule has 0 aliphatic rings. The van der Waals surface area contributed by atoms with Crippen molar-refractivity contribution in [2.75, 3.05) is 5.32 Å². The predicted molar refractivity (Wildman–Crippen MR) is 91.6 cm³/mol. The van der Waals surface area contributed by atoms with Gasteiger partial charge in [0.2, 0.25) is 5.88 Å². The van der Waals surface area contributed by atoms with Gasteiger partial charge in [0.25, 0.3) is 0 Å². The van der Waals surface area contributed by atoms with Gasteiger partial charge in [0.05, 0.1) is 18.7 Å². The highest BCUT2D eigenvalue weighted by Gasteiger charge is 2.00. The minimum atomic E-state index is 0.438. The molecule has 1 heterocycles. The average Bonchev–Trinajstić information content (AvgIpc) is 2.63. The molecule has 0 unspecified atom stereocenters. The maximum absolute atomic E-state index is 8.67. The van der Waals surface area contributed by atoms with Gasteiger partial charge in [-0.3, -0.25) is 4.98 Å². The molecule has 3 rings (SSSR count). The summed E-state index contributed by atoms with van der Waals surface area (Å²) in [4.78, 5) is 8.04. The standard InChI is InChI=1S/C19H16N4O/c20-10-9-15-1-5-17(6-2-15)23-13-16-3-7-18(8-4-16)24-19-14-21-11-12-22-19/h1-8,11-12,14,23H,9,13H2. The number of rotatable bonds is 6. The van der Waals surface area contributed by atoms with E-state index in [9.17, 15) is 0 Å². The lowest BCUT2D eigenvalue weighted by Gasteiger charge is -2.08. The second-order valence-electron chi connectivity index (χ2n) is 5.18. The number of anilines is 1. The van der Waals surface area contributed by atoms with Crippen molar-refractivity contribution in [3.05, 3.63) is 78.2 Å². The maximum Gasteiger partial charge on any atom is 0.237 e. The van der Waals surface area contributed by atoms with Crippen LogP contribution in [0.25, 0.3) is 0 Å². The van der Waals surface area contributed by atoms with E-state index in [1.807, 2.05) is 48.5 Å². The van der Waals surface area contributed by atoms with E-state index in [4.69, 9.17) is 10.00 Å². The Hall–Kier alpha value is -3.39. The van der Waals surface area contributed by atoms with Crippen molar-refractivity contribution in [3.63, 3.8) is 0 Å². The summed E-state index contributed by atoms with van der Waals surface area (Å²) in [5, 5.41) is 12.0. The average molecular weight is 316 g/mol. The molecule has 24 heavy (non-hydrogen) atoms. The molecule has 0 amide bonds. The Kier molecular flexibility index (Phi) is 5.00. The van der Waals surface area contributed by atoms with Crippen LogP contribution in [0.2, 0.25) is 0 Å². The Morgan fingerprint density at radius 1 is 0.958 bits per heavy atom. The van der Waals surface area contributed by atoms with Crippen molar-refractivity contribution in [2.45, 2.75) is 13.0 Å². The highest BCUT2D eigenvalue weighted by molar-refractivity contribution is 5.45. The number of nitrogens with one attached hydrogen (secondary N) is 1. The van der Waals surface area contributed by atoms with E-state index in [-0.39, 0.29) is 0 Å². The van der Waals surface area contributed by atoms with E-state index in [1.54, 1.807) is 18.6 Å². The molecule has 1 aromatic heterocycles. The molecule has 0 atom stereocenters. The zero-order valence-electron chi connectivity index (χ0n) is 13.0. The van der Waals surface area contributed by atoms with Crippen LogP contribution in [0.15, 0.2) is 67.1 Å². The van der Waals surface area contributed by atoms with Gasteiger partial charge in [0, 0.05) is 24.6 Å². The van der Waals surface area contributed by atoms with Crippen LogP contribution in [-0.4, -0.2) is 9.97 Å². The third-order valence-electron chi connectivity index (χ3n) is 3.42. The first-order chi connectivity index (χ1) is 11.8. The molecule has 5 nitrogen and oxygen atoms in total. The molecule has 0 aliphatic heterocycles. The van der Waals surface area contributed by atoms with Crippen molar-refractivity contribution >= 4 is 5.69 Å². The summed E-state index contributed by atoms with van der Waals surface area (Å²) < 4.78 is 5.61. The molecule has 5 heteroatoms. The van der Waals surface area contributed by atoms with Crippen LogP contribution in [0.1, 0.15) is 11.1 Å². The Morgan fingerprint density at radius 2 is 1.71 bits per heavy atom. The van der Waals surface area contributed by atoms with Crippen molar-refractivity contribution in [3.8, 4) is 17.7 Å². The van der Waals surface area contributed by atoms with Crippen LogP contribution in [0.4, 0.5) is 5.69 Å². The molecule has 3 aromatic rings. The van der Waals surface area contributed by atoms with Crippen LogP contribution < -0.4 is 10.1 Å². The minimum absolute atomic E-state index is 0.438. The fourth-order valence-corrected chi connectivity index (χ4v) is 2.17. The number of aromatic nitrogens is 2. The third kappa shape index (κ3) is 4.31. The largest absolute Gasteiger partial charge is 0.438 e. The molecule has 0 spiro atoms. The van der Waals surface area contributed by atoms with Crippen molar-refractivity contribution < 1.29 is 4.74 Å². The third-order valence-corrected chi connectivity index (χ3v) is 3.42. The fraction of sp³-hybridized carbons (Fsp3) is 0.105. The molecular formula is C19H16N4O. The lowest BCUT2D eigenvalue weighted by Crippen LogP contribution is -1.99. The van der Waals surface area contributed by atoms with E-state index in [0.29, 0.717) is 18.8 Å². The summed E-state index contributed by atoms with van der Waals surface area (Å²) in [7, 11) is 0. The fourth-order valence-electron chi connectivity index (χ4n) is 2.17. The summed E-state index contributed by atoms with van der Waals surface area (Å²) in [6, 6.07) is 17.8. The summed E-state index contributed by atoms with van der Waals surface area (Å²) in [5.41, 5.74) is 3.19. The number of hydrogen-bond donors (Lipinski definition) is 1. The van der Waals surface area contributed by atoms with Gasteiger partial charge in [0.1, 0.15) is 5.75 Å². The number of hydrogen-bond acceptors (Lipinski definition) is 5. The number of nitrogens with zero attached hydrogens (tertiary/aromatic N) is 3. The molecule has 0 radical (unpaired) electrons. The minimum Gasteiger partial charge on any atom is -0.438 e. The molecule has 0 fully saturated rings. The predicted octanol–water partition coefficient (Wildman–Crippen LogP) is 3.95. The van der Waals surface area contributed by atoms with Gasteiger partial charge in [-0.05, 0) is 35.4 Å². The van der Waals surface area contributed by atoms with Gasteiger partial charge in [-0.2, -0.15) is 5.26 Å². The SMILES string of the molecule is N#CCc1ccc(NCc2ccc(Oc3cnccn3)cc2)cc1. The summed E-state index contributed by atoms with van der Waals surface area (Å²) in [6.45, 7) is 0.711. The molecule has 0 saturated heterocycles. The van der Waals surface area contributed by atoms with Crippen molar-refractivity contribution in [1.82, 2.24) is 9.97 Å². The summed E-state index contributed by atoms with van der Waals surface area (Å²) in [6.07, 6.45) is 5.21.